The number of aromatic carboxylic acids is 1. The number of carboxylic acid groups (broad SMARTS) is 1. The quantitative estimate of drug-likeness (QED) is 0.554. The van der Waals surface area contributed by atoms with E-state index in [9.17, 15) is 14.9 Å². The number of carboxylic acids is 1. The molecule has 1 heterocycles. The van der Waals surface area contributed by atoms with Crippen molar-refractivity contribution in [1.29, 1.82) is 0 Å². The molecule has 9 heteroatoms. The standard InChI is InChI=1S/C16H11N3O6/c1-24-13-8-11(6-7-12(13)19(22)23)15-18-17-14(25-15)9-2-4-10(5-3-9)16(20)21/h2-8H,1H3,(H,20,21). The summed E-state index contributed by atoms with van der Waals surface area (Å²) in [4.78, 5) is 21.2. The number of carbonyl (C=O) groups is 1. The fourth-order valence-corrected chi connectivity index (χ4v) is 2.17. The van der Waals surface area contributed by atoms with E-state index < -0.39 is 10.9 Å². The normalized spacial score (nSPS) is 10.4. The number of methoxy groups -OCH3 is 1. The fraction of sp³-hybridized carbons (Fsp3) is 0.0625. The van der Waals surface area contributed by atoms with Gasteiger partial charge in [-0.2, -0.15) is 0 Å². The summed E-state index contributed by atoms with van der Waals surface area (Å²) < 4.78 is 10.6. The van der Waals surface area contributed by atoms with Gasteiger partial charge in [0, 0.05) is 23.3 Å². The van der Waals surface area contributed by atoms with Crippen LogP contribution >= 0.6 is 0 Å². The Labute approximate surface area is 140 Å². The van der Waals surface area contributed by atoms with Crippen LogP contribution in [0.3, 0.4) is 0 Å². The molecule has 9 nitrogen and oxygen atoms in total. The lowest BCUT2D eigenvalue weighted by atomic mass is 10.1. The van der Waals surface area contributed by atoms with Crippen molar-refractivity contribution < 1.29 is 24.0 Å². The third-order valence-corrected chi connectivity index (χ3v) is 3.43. The summed E-state index contributed by atoms with van der Waals surface area (Å²) in [5.41, 5.74) is 0.986. The summed E-state index contributed by atoms with van der Waals surface area (Å²) in [5, 5.41) is 27.6. The van der Waals surface area contributed by atoms with Gasteiger partial charge in [-0.15, -0.1) is 10.2 Å². The molecule has 0 fully saturated rings. The first-order valence-electron chi connectivity index (χ1n) is 6.99. The van der Waals surface area contributed by atoms with Crippen LogP contribution in [0.15, 0.2) is 46.9 Å². The molecule has 0 saturated heterocycles. The molecule has 0 saturated carbocycles. The van der Waals surface area contributed by atoms with E-state index in [0.29, 0.717) is 11.1 Å². The van der Waals surface area contributed by atoms with Gasteiger partial charge in [0.15, 0.2) is 5.75 Å². The van der Waals surface area contributed by atoms with E-state index in [1.165, 1.54) is 37.4 Å². The lowest BCUT2D eigenvalue weighted by Crippen LogP contribution is -1.94. The Morgan fingerprint density at radius 2 is 1.72 bits per heavy atom. The summed E-state index contributed by atoms with van der Waals surface area (Å²) >= 11 is 0. The zero-order valence-electron chi connectivity index (χ0n) is 12.9. The molecule has 0 radical (unpaired) electrons. The fourth-order valence-electron chi connectivity index (χ4n) is 2.17. The number of hydrogen-bond acceptors (Lipinski definition) is 7. The highest BCUT2D eigenvalue weighted by Gasteiger charge is 2.18. The van der Waals surface area contributed by atoms with Crippen molar-refractivity contribution in [3.8, 4) is 28.7 Å². The lowest BCUT2D eigenvalue weighted by molar-refractivity contribution is -0.385. The molecular weight excluding hydrogens is 330 g/mol. The van der Waals surface area contributed by atoms with Gasteiger partial charge in [-0.1, -0.05) is 0 Å². The number of benzene rings is 2. The highest BCUT2D eigenvalue weighted by molar-refractivity contribution is 5.88. The monoisotopic (exact) mass is 341 g/mol. The minimum atomic E-state index is -1.03. The molecule has 0 bridgehead atoms. The predicted octanol–water partition coefficient (Wildman–Crippen LogP) is 3.02. The van der Waals surface area contributed by atoms with Crippen LogP contribution in [0, 0.1) is 10.1 Å². The Bertz CT molecular complexity index is 949. The lowest BCUT2D eigenvalue weighted by Gasteiger charge is -2.02. The number of rotatable bonds is 5. The molecule has 3 aromatic rings. The van der Waals surface area contributed by atoms with E-state index in [4.69, 9.17) is 14.3 Å². The maximum Gasteiger partial charge on any atom is 0.335 e. The van der Waals surface area contributed by atoms with Gasteiger partial charge >= 0.3 is 11.7 Å². The second kappa shape index (κ2) is 6.40. The maximum absolute atomic E-state index is 10.9. The van der Waals surface area contributed by atoms with E-state index in [-0.39, 0.29) is 28.8 Å². The van der Waals surface area contributed by atoms with Gasteiger partial charge < -0.3 is 14.3 Å². The maximum atomic E-state index is 10.9. The molecule has 126 valence electrons. The highest BCUT2D eigenvalue weighted by atomic mass is 16.6. The molecule has 0 aliphatic heterocycles. The zero-order chi connectivity index (χ0) is 18.0. The van der Waals surface area contributed by atoms with Crippen molar-refractivity contribution >= 4 is 11.7 Å². The van der Waals surface area contributed by atoms with Crippen LogP contribution in [0.2, 0.25) is 0 Å². The molecular formula is C16H11N3O6. The highest BCUT2D eigenvalue weighted by Crippen LogP contribution is 2.32. The van der Waals surface area contributed by atoms with Gasteiger partial charge in [-0.05, 0) is 30.3 Å². The molecule has 25 heavy (non-hydrogen) atoms. The van der Waals surface area contributed by atoms with Crippen LogP contribution in [-0.4, -0.2) is 33.3 Å². The van der Waals surface area contributed by atoms with Crippen molar-refractivity contribution in [2.45, 2.75) is 0 Å². The summed E-state index contributed by atoms with van der Waals surface area (Å²) in [7, 11) is 1.33. The Morgan fingerprint density at radius 1 is 1.12 bits per heavy atom. The van der Waals surface area contributed by atoms with E-state index in [0.717, 1.165) is 0 Å². The average Bonchev–Trinajstić information content (AvgIpc) is 3.11. The SMILES string of the molecule is COc1cc(-c2nnc(-c3ccc(C(=O)O)cc3)o2)ccc1[N+](=O)[O-]. The zero-order valence-corrected chi connectivity index (χ0v) is 12.9. The third kappa shape index (κ3) is 3.15. The number of ether oxygens (including phenoxy) is 1. The van der Waals surface area contributed by atoms with Gasteiger partial charge in [0.2, 0.25) is 11.8 Å². The van der Waals surface area contributed by atoms with Crippen LogP contribution in [0.25, 0.3) is 22.9 Å². The first-order chi connectivity index (χ1) is 12.0. The molecule has 1 aromatic heterocycles. The van der Waals surface area contributed by atoms with E-state index in [1.54, 1.807) is 12.1 Å². The van der Waals surface area contributed by atoms with Crippen LogP contribution in [0.1, 0.15) is 10.4 Å². The number of nitro benzene ring substituents is 1. The minimum Gasteiger partial charge on any atom is -0.490 e. The van der Waals surface area contributed by atoms with E-state index >= 15 is 0 Å². The molecule has 0 atom stereocenters. The molecule has 2 aromatic carbocycles. The minimum absolute atomic E-state index is 0.0769. The van der Waals surface area contributed by atoms with Gasteiger partial charge in [-0.25, -0.2) is 4.79 Å². The molecule has 0 aliphatic carbocycles. The summed E-state index contributed by atoms with van der Waals surface area (Å²) in [6.07, 6.45) is 0. The van der Waals surface area contributed by atoms with Crippen molar-refractivity contribution in [2.24, 2.45) is 0 Å². The number of nitrogens with zero attached hydrogens (tertiary/aromatic N) is 3. The summed E-state index contributed by atoms with van der Waals surface area (Å²) in [6, 6.07) is 10.2. The van der Waals surface area contributed by atoms with Crippen LogP contribution in [0.4, 0.5) is 5.69 Å². The molecule has 1 N–H and O–H groups in total. The first-order valence-corrected chi connectivity index (χ1v) is 6.99. The van der Waals surface area contributed by atoms with Crippen molar-refractivity contribution in [2.75, 3.05) is 7.11 Å². The van der Waals surface area contributed by atoms with Crippen LogP contribution < -0.4 is 4.74 Å². The Balaban J connectivity index is 1.93. The molecule has 0 unspecified atom stereocenters. The van der Waals surface area contributed by atoms with Crippen molar-refractivity contribution in [1.82, 2.24) is 10.2 Å². The second-order valence-corrected chi connectivity index (χ2v) is 4.94. The third-order valence-electron chi connectivity index (χ3n) is 3.43. The number of nitro groups is 1. The Hall–Kier alpha value is -3.75. The van der Waals surface area contributed by atoms with Crippen molar-refractivity contribution in [3.63, 3.8) is 0 Å². The average molecular weight is 341 g/mol. The van der Waals surface area contributed by atoms with Gasteiger partial charge in [0.05, 0.1) is 17.6 Å². The predicted molar refractivity (Wildman–Crippen MR) is 85.3 cm³/mol. The molecule has 0 spiro atoms. The van der Waals surface area contributed by atoms with Gasteiger partial charge in [-0.3, -0.25) is 10.1 Å². The summed E-state index contributed by atoms with van der Waals surface area (Å²) in [5.74, 6) is -0.599. The smallest absolute Gasteiger partial charge is 0.335 e. The largest absolute Gasteiger partial charge is 0.490 e. The topological polar surface area (TPSA) is 129 Å². The molecule has 3 rings (SSSR count). The van der Waals surface area contributed by atoms with Crippen molar-refractivity contribution in [3.05, 3.63) is 58.1 Å². The Morgan fingerprint density at radius 3 is 2.28 bits per heavy atom. The summed E-state index contributed by atoms with van der Waals surface area (Å²) in [6.45, 7) is 0. The number of hydrogen-bond donors (Lipinski definition) is 1. The van der Waals surface area contributed by atoms with Gasteiger partial charge in [0.25, 0.3) is 0 Å². The number of aromatic nitrogens is 2. The van der Waals surface area contributed by atoms with E-state index in [2.05, 4.69) is 10.2 Å². The van der Waals surface area contributed by atoms with Crippen LogP contribution in [0.5, 0.6) is 5.75 Å². The van der Waals surface area contributed by atoms with Crippen LogP contribution in [-0.2, 0) is 0 Å². The first kappa shape index (κ1) is 16.1. The van der Waals surface area contributed by atoms with E-state index in [1.807, 2.05) is 0 Å². The molecule has 0 aliphatic rings. The second-order valence-electron chi connectivity index (χ2n) is 4.94. The van der Waals surface area contributed by atoms with Gasteiger partial charge in [0.1, 0.15) is 0 Å². The molecule has 0 amide bonds. The Kier molecular flexibility index (Phi) is 4.12.